The van der Waals surface area contributed by atoms with E-state index in [0.717, 1.165) is 35.9 Å². The summed E-state index contributed by atoms with van der Waals surface area (Å²) in [5.74, 6) is -0.0307. The van der Waals surface area contributed by atoms with Gasteiger partial charge in [-0.05, 0) is 67.3 Å². The van der Waals surface area contributed by atoms with E-state index in [9.17, 15) is 13.2 Å². The summed E-state index contributed by atoms with van der Waals surface area (Å²) in [7, 11) is -3.83. The highest BCUT2D eigenvalue weighted by molar-refractivity contribution is 7.91. The van der Waals surface area contributed by atoms with Crippen molar-refractivity contribution in [3.63, 3.8) is 0 Å². The van der Waals surface area contributed by atoms with Gasteiger partial charge >= 0.3 is 0 Å². The maximum absolute atomic E-state index is 12.9. The van der Waals surface area contributed by atoms with Crippen molar-refractivity contribution in [2.24, 2.45) is 10.7 Å². The molecule has 11 heteroatoms. The lowest BCUT2D eigenvalue weighted by atomic mass is 10.2. The first kappa shape index (κ1) is 23.7. The van der Waals surface area contributed by atoms with Crippen LogP contribution in [0.25, 0.3) is 10.9 Å². The van der Waals surface area contributed by atoms with E-state index in [4.69, 9.17) is 18.0 Å². The van der Waals surface area contributed by atoms with Crippen LogP contribution in [0.15, 0.2) is 70.7 Å². The molecule has 2 atom stereocenters. The van der Waals surface area contributed by atoms with Crippen molar-refractivity contribution in [1.82, 2.24) is 14.6 Å². The number of benzene rings is 2. The number of thiocarbonyl (C=S) groups is 1. The van der Waals surface area contributed by atoms with E-state index in [2.05, 4.69) is 19.9 Å². The molecule has 4 rings (SSSR count). The van der Waals surface area contributed by atoms with Gasteiger partial charge in [-0.15, -0.1) is 0 Å². The van der Waals surface area contributed by atoms with E-state index in [1.54, 1.807) is 12.1 Å². The van der Waals surface area contributed by atoms with Crippen molar-refractivity contribution in [2.45, 2.75) is 30.3 Å². The fraction of sp³-hybridized carbons (Fsp3) is 0.261. The normalized spacial score (nSPS) is 17.2. The van der Waals surface area contributed by atoms with Gasteiger partial charge in [0.25, 0.3) is 10.0 Å². The molecule has 3 aromatic rings. The van der Waals surface area contributed by atoms with Crippen LogP contribution in [0.2, 0.25) is 0 Å². The number of nitrogens with zero attached hydrogens (tertiary/aromatic N) is 3. The first-order valence-corrected chi connectivity index (χ1v) is 12.7. The fourth-order valence-electron chi connectivity index (χ4n) is 4.11. The maximum atomic E-state index is 12.9. The Morgan fingerprint density at radius 3 is 2.71 bits per heavy atom. The third kappa shape index (κ3) is 5.05. The molecule has 1 fully saturated rings. The minimum absolute atomic E-state index is 0. The second kappa shape index (κ2) is 9.82. The first-order chi connectivity index (χ1) is 16.3. The van der Waals surface area contributed by atoms with Crippen molar-refractivity contribution in [1.29, 1.82) is 0 Å². The number of hydrogen-bond acceptors (Lipinski definition) is 5. The second-order valence-corrected chi connectivity index (χ2v) is 10.1. The molecule has 1 aromatic heterocycles. The minimum atomic E-state index is -3.83. The maximum Gasteiger partial charge on any atom is 0.263 e. The number of hydrogen-bond donors (Lipinski definition) is 3. The summed E-state index contributed by atoms with van der Waals surface area (Å²) in [6.45, 7) is 3.29. The van der Waals surface area contributed by atoms with E-state index >= 15 is 0 Å². The average molecular weight is 503 g/mol. The molecule has 1 saturated heterocycles. The Kier molecular flexibility index (Phi) is 6.85. The lowest BCUT2D eigenvalue weighted by molar-refractivity contribution is -0.124. The van der Waals surface area contributed by atoms with Crippen LogP contribution >= 0.6 is 12.2 Å². The molecule has 0 saturated carbocycles. The predicted octanol–water partition coefficient (Wildman–Crippen LogP) is 2.64. The van der Waals surface area contributed by atoms with Crippen LogP contribution in [0, 0.1) is 0 Å². The highest BCUT2D eigenvalue weighted by Crippen LogP contribution is 2.24. The number of nitrogens with two attached hydrogens (primary N) is 1. The molecule has 182 valence electrons. The zero-order valence-electron chi connectivity index (χ0n) is 18.6. The number of nitrogens with one attached hydrogen (secondary N) is 2. The Morgan fingerprint density at radius 1 is 1.24 bits per heavy atom. The van der Waals surface area contributed by atoms with Gasteiger partial charge in [0.05, 0.1) is 11.2 Å². The number of sulfonamides is 1. The molecular formula is C23H30N6O3S2. The fourth-order valence-corrected chi connectivity index (χ4v) is 5.39. The van der Waals surface area contributed by atoms with Crippen molar-refractivity contribution >= 4 is 56.2 Å². The summed E-state index contributed by atoms with van der Waals surface area (Å²) in [4.78, 5) is 18.7. The number of carbonyl (C=O) groups excluding carboxylic acids is 1. The Balaban J connectivity index is 0.00000228. The Bertz CT molecular complexity index is 1350. The van der Waals surface area contributed by atoms with Gasteiger partial charge in [-0.1, -0.05) is 18.2 Å². The summed E-state index contributed by atoms with van der Waals surface area (Å²) in [5.41, 5.74) is 7.04. The van der Waals surface area contributed by atoms with Gasteiger partial charge in [0.2, 0.25) is 11.0 Å². The number of amides is 1. The van der Waals surface area contributed by atoms with Gasteiger partial charge in [0, 0.05) is 39.4 Å². The van der Waals surface area contributed by atoms with Crippen molar-refractivity contribution in [2.75, 3.05) is 18.0 Å². The highest BCUT2D eigenvalue weighted by Gasteiger charge is 2.27. The van der Waals surface area contributed by atoms with Crippen LogP contribution in [0.5, 0.6) is 0 Å². The molecule has 9 nitrogen and oxygen atoms in total. The van der Waals surface area contributed by atoms with Crippen molar-refractivity contribution in [3.8, 4) is 0 Å². The van der Waals surface area contributed by atoms with Crippen LogP contribution in [0.4, 0.5) is 5.69 Å². The third-order valence-corrected chi connectivity index (χ3v) is 7.58. The lowest BCUT2D eigenvalue weighted by Gasteiger charge is -2.21. The number of carbonyl (C=O) groups is 1. The van der Waals surface area contributed by atoms with Crippen molar-refractivity contribution in [3.05, 3.63) is 60.8 Å². The standard InChI is InChI=1S/C23H26N6O3S2.2H2/c1-16(29-13-10-17-4-2-3-5-21(17)29)22(30)26-18-11-12-28(14-18)19-6-8-20(9-7-19)34(31,32)27-23(33)25-15-24;;/h2-10,13,15-16,18H,11-12,14H2,1H3,(H,26,30)(H3,24,25,27,33);2*1H/t16-,18-;;/m1../s1. The van der Waals surface area contributed by atoms with Crippen LogP contribution in [0.3, 0.4) is 0 Å². The Morgan fingerprint density at radius 2 is 1.97 bits per heavy atom. The van der Waals surface area contributed by atoms with Crippen LogP contribution in [-0.2, 0) is 14.8 Å². The van der Waals surface area contributed by atoms with Gasteiger partial charge in [0.1, 0.15) is 6.04 Å². The Hall–Kier alpha value is -3.44. The molecule has 2 aromatic carbocycles. The second-order valence-electron chi connectivity index (χ2n) is 8.08. The molecule has 0 spiro atoms. The summed E-state index contributed by atoms with van der Waals surface area (Å²) >= 11 is 4.82. The predicted molar refractivity (Wildman–Crippen MR) is 142 cm³/mol. The molecule has 1 amide bonds. The summed E-state index contributed by atoms with van der Waals surface area (Å²) in [5, 5.41) is 4.03. The van der Waals surface area contributed by atoms with E-state index in [1.165, 1.54) is 12.1 Å². The molecule has 2 heterocycles. The zero-order chi connectivity index (χ0) is 24.3. The SMILES string of the molecule is C[C@H](C(=O)N[C@@H]1CCN(c2ccc(S(=O)(=O)NC(=S)N=CN)cc2)C1)n1ccc2ccccc21.[HH].[HH]. The topological polar surface area (TPSA) is 122 Å². The molecule has 0 radical (unpaired) electrons. The summed E-state index contributed by atoms with van der Waals surface area (Å²) in [6.07, 6.45) is 3.67. The smallest absolute Gasteiger partial charge is 0.263 e. The first-order valence-electron chi connectivity index (χ1n) is 10.8. The molecular weight excluding hydrogens is 472 g/mol. The van der Waals surface area contributed by atoms with Crippen LogP contribution in [-0.4, -0.2) is 49.5 Å². The summed E-state index contributed by atoms with van der Waals surface area (Å²) in [6, 6.07) is 16.2. The van der Waals surface area contributed by atoms with Crippen LogP contribution in [0.1, 0.15) is 22.2 Å². The third-order valence-electron chi connectivity index (χ3n) is 5.89. The van der Waals surface area contributed by atoms with Gasteiger partial charge < -0.3 is 20.5 Å². The van der Waals surface area contributed by atoms with E-state index in [0.29, 0.717) is 6.54 Å². The average Bonchev–Trinajstić information content (AvgIpc) is 3.46. The van der Waals surface area contributed by atoms with Gasteiger partial charge in [-0.25, -0.2) is 13.4 Å². The molecule has 0 aliphatic carbocycles. The minimum Gasteiger partial charge on any atom is -0.390 e. The Labute approximate surface area is 206 Å². The molecule has 1 aliphatic heterocycles. The number of para-hydroxylation sites is 1. The largest absolute Gasteiger partial charge is 0.390 e. The zero-order valence-corrected chi connectivity index (χ0v) is 20.2. The molecule has 1 aliphatic rings. The molecule has 0 bridgehead atoms. The van der Waals surface area contributed by atoms with E-state index in [-0.39, 0.29) is 30.9 Å². The van der Waals surface area contributed by atoms with Gasteiger partial charge in [-0.2, -0.15) is 0 Å². The summed E-state index contributed by atoms with van der Waals surface area (Å²) < 4.78 is 28.9. The number of aromatic nitrogens is 1. The number of fused-ring (bicyclic) bond motifs is 1. The van der Waals surface area contributed by atoms with Gasteiger partial charge in [0.15, 0.2) is 0 Å². The monoisotopic (exact) mass is 502 g/mol. The van der Waals surface area contributed by atoms with Crippen LogP contribution < -0.4 is 20.7 Å². The highest BCUT2D eigenvalue weighted by atomic mass is 32.2. The van der Waals surface area contributed by atoms with E-state index < -0.39 is 10.0 Å². The molecule has 4 N–H and O–H groups in total. The molecule has 34 heavy (non-hydrogen) atoms. The quantitative estimate of drug-likeness (QED) is 0.271. The molecule has 0 unspecified atom stereocenters. The lowest BCUT2D eigenvalue weighted by Crippen LogP contribution is -2.40. The number of aliphatic imine (C=N–C) groups is 1. The van der Waals surface area contributed by atoms with E-state index in [1.807, 2.05) is 48.0 Å². The van der Waals surface area contributed by atoms with Gasteiger partial charge in [-0.3, -0.25) is 9.52 Å². The van der Waals surface area contributed by atoms with Crippen molar-refractivity contribution < 1.29 is 16.1 Å². The number of rotatable bonds is 6. The number of anilines is 1.